The minimum absolute atomic E-state index is 0.148. The van der Waals surface area contributed by atoms with Crippen molar-refractivity contribution in [2.24, 2.45) is 5.92 Å². The molecule has 1 aliphatic rings. The second kappa shape index (κ2) is 5.88. The summed E-state index contributed by atoms with van der Waals surface area (Å²) in [7, 11) is 0. The maximum absolute atomic E-state index is 12.3. The van der Waals surface area contributed by atoms with Crippen LogP contribution in [0.1, 0.15) is 25.7 Å². The first kappa shape index (κ1) is 14.0. The summed E-state index contributed by atoms with van der Waals surface area (Å²) in [6.45, 7) is 0. The number of hydrogen-bond acceptors (Lipinski definition) is 2. The third-order valence-corrected chi connectivity index (χ3v) is 4.52. The zero-order valence-electron chi connectivity index (χ0n) is 12.9. The summed E-state index contributed by atoms with van der Waals surface area (Å²) in [6.07, 6.45) is 8.35. The number of aromatic nitrogens is 2. The highest BCUT2D eigenvalue weighted by Crippen LogP contribution is 2.27. The van der Waals surface area contributed by atoms with Gasteiger partial charge in [0, 0.05) is 29.6 Å². The first-order chi connectivity index (χ1) is 11.3. The Kier molecular flexibility index (Phi) is 3.58. The molecule has 4 nitrogen and oxygen atoms in total. The topological polar surface area (TPSA) is 46.4 Å². The van der Waals surface area contributed by atoms with E-state index in [4.69, 9.17) is 0 Å². The average Bonchev–Trinajstić information content (AvgIpc) is 3.24. The Bertz CT molecular complexity index is 813. The van der Waals surface area contributed by atoms with Gasteiger partial charge in [-0.25, -0.2) is 4.98 Å². The van der Waals surface area contributed by atoms with E-state index in [1.165, 1.54) is 12.8 Å². The number of carbonyl (C=O) groups excluding carboxylic acids is 1. The normalized spacial score (nSPS) is 15.1. The number of amides is 1. The molecule has 1 aliphatic carbocycles. The Morgan fingerprint density at radius 1 is 1.13 bits per heavy atom. The zero-order valence-corrected chi connectivity index (χ0v) is 12.9. The Morgan fingerprint density at radius 2 is 2.00 bits per heavy atom. The van der Waals surface area contributed by atoms with E-state index in [0.29, 0.717) is 0 Å². The van der Waals surface area contributed by atoms with E-state index < -0.39 is 0 Å². The number of fused-ring (bicyclic) bond motifs is 1. The quantitative estimate of drug-likeness (QED) is 0.791. The first-order valence-corrected chi connectivity index (χ1v) is 8.15. The Morgan fingerprint density at radius 3 is 2.83 bits per heavy atom. The van der Waals surface area contributed by atoms with Gasteiger partial charge in [-0.2, -0.15) is 0 Å². The molecule has 0 atom stereocenters. The number of carbonyl (C=O) groups is 1. The van der Waals surface area contributed by atoms with Crippen molar-refractivity contribution in [2.75, 3.05) is 5.32 Å². The molecule has 1 aromatic carbocycles. The van der Waals surface area contributed by atoms with Gasteiger partial charge in [0.15, 0.2) is 0 Å². The molecule has 2 aromatic heterocycles. The lowest BCUT2D eigenvalue weighted by atomic mass is 10.1. The number of rotatable bonds is 3. The van der Waals surface area contributed by atoms with Gasteiger partial charge < -0.3 is 9.72 Å². The molecular formula is C19H19N3O. The molecule has 0 radical (unpaired) electrons. The minimum atomic E-state index is 0.148. The fourth-order valence-electron chi connectivity index (χ4n) is 3.26. The molecule has 1 amide bonds. The van der Waals surface area contributed by atoms with Crippen molar-refractivity contribution in [1.29, 1.82) is 0 Å². The predicted octanol–water partition coefficient (Wildman–Crippen LogP) is 4.13. The third-order valence-electron chi connectivity index (χ3n) is 4.52. The summed E-state index contributed by atoms with van der Waals surface area (Å²) in [5.41, 5.74) is 3.69. The number of anilines is 1. The van der Waals surface area contributed by atoms with Crippen LogP contribution in [0.3, 0.4) is 0 Å². The van der Waals surface area contributed by atoms with Crippen LogP contribution in [0.25, 0.3) is 16.9 Å². The summed E-state index contributed by atoms with van der Waals surface area (Å²) in [5.74, 6) is 0.323. The van der Waals surface area contributed by atoms with Crippen molar-refractivity contribution in [1.82, 2.24) is 9.38 Å². The van der Waals surface area contributed by atoms with Crippen LogP contribution in [0.5, 0.6) is 0 Å². The summed E-state index contributed by atoms with van der Waals surface area (Å²) in [4.78, 5) is 16.9. The molecule has 23 heavy (non-hydrogen) atoms. The molecule has 4 heteroatoms. The summed E-state index contributed by atoms with van der Waals surface area (Å²) in [5, 5.41) is 3.05. The Labute approximate surface area is 135 Å². The van der Waals surface area contributed by atoms with E-state index in [1.807, 2.05) is 59.3 Å². The number of nitrogens with one attached hydrogen (secondary N) is 1. The van der Waals surface area contributed by atoms with Crippen LogP contribution in [-0.4, -0.2) is 15.3 Å². The van der Waals surface area contributed by atoms with E-state index in [9.17, 15) is 4.79 Å². The summed E-state index contributed by atoms with van der Waals surface area (Å²) in [6, 6.07) is 13.9. The van der Waals surface area contributed by atoms with Crippen molar-refractivity contribution in [3.05, 3.63) is 54.9 Å². The highest BCUT2D eigenvalue weighted by atomic mass is 16.1. The van der Waals surface area contributed by atoms with Crippen LogP contribution in [0.15, 0.2) is 54.9 Å². The van der Waals surface area contributed by atoms with Crippen molar-refractivity contribution in [3.63, 3.8) is 0 Å². The minimum Gasteiger partial charge on any atom is -0.326 e. The molecule has 1 N–H and O–H groups in total. The average molecular weight is 305 g/mol. The molecule has 116 valence electrons. The van der Waals surface area contributed by atoms with E-state index in [2.05, 4.69) is 10.3 Å². The monoisotopic (exact) mass is 305 g/mol. The SMILES string of the molecule is O=C(Nc1cccc(-c2cn3ccccc3n2)c1)C1CCCC1. The van der Waals surface area contributed by atoms with Crippen LogP contribution in [0.4, 0.5) is 5.69 Å². The highest BCUT2D eigenvalue weighted by molar-refractivity contribution is 5.93. The number of nitrogens with zero attached hydrogens (tertiary/aromatic N) is 2. The maximum Gasteiger partial charge on any atom is 0.227 e. The number of imidazole rings is 1. The summed E-state index contributed by atoms with van der Waals surface area (Å²) >= 11 is 0. The third kappa shape index (κ3) is 2.84. The molecule has 1 saturated carbocycles. The van der Waals surface area contributed by atoms with Crippen molar-refractivity contribution in [3.8, 4) is 11.3 Å². The van der Waals surface area contributed by atoms with Gasteiger partial charge in [-0.05, 0) is 37.1 Å². The van der Waals surface area contributed by atoms with Gasteiger partial charge in [0.1, 0.15) is 5.65 Å². The van der Waals surface area contributed by atoms with Crippen LogP contribution in [0, 0.1) is 5.92 Å². The van der Waals surface area contributed by atoms with Crippen molar-refractivity contribution >= 4 is 17.2 Å². The zero-order chi connectivity index (χ0) is 15.6. The second-order valence-corrected chi connectivity index (χ2v) is 6.14. The summed E-state index contributed by atoms with van der Waals surface area (Å²) < 4.78 is 2.00. The van der Waals surface area contributed by atoms with Crippen LogP contribution in [-0.2, 0) is 4.79 Å². The largest absolute Gasteiger partial charge is 0.326 e. The van der Waals surface area contributed by atoms with E-state index >= 15 is 0 Å². The number of hydrogen-bond donors (Lipinski definition) is 1. The fraction of sp³-hybridized carbons (Fsp3) is 0.263. The number of pyridine rings is 1. The molecule has 0 aliphatic heterocycles. The molecule has 0 saturated heterocycles. The van der Waals surface area contributed by atoms with Crippen molar-refractivity contribution < 1.29 is 4.79 Å². The lowest BCUT2D eigenvalue weighted by Gasteiger charge is -2.11. The van der Waals surface area contributed by atoms with E-state index in [-0.39, 0.29) is 11.8 Å². The van der Waals surface area contributed by atoms with Crippen molar-refractivity contribution in [2.45, 2.75) is 25.7 Å². The molecule has 0 unspecified atom stereocenters. The maximum atomic E-state index is 12.3. The number of benzene rings is 1. The smallest absolute Gasteiger partial charge is 0.227 e. The van der Waals surface area contributed by atoms with Gasteiger partial charge in [0.05, 0.1) is 5.69 Å². The molecule has 0 bridgehead atoms. The Hall–Kier alpha value is -2.62. The van der Waals surface area contributed by atoms with Gasteiger partial charge in [-0.1, -0.05) is 31.0 Å². The lowest BCUT2D eigenvalue weighted by molar-refractivity contribution is -0.119. The van der Waals surface area contributed by atoms with Gasteiger partial charge in [0.2, 0.25) is 5.91 Å². The molecule has 1 fully saturated rings. The van der Waals surface area contributed by atoms with Crippen LogP contribution in [0.2, 0.25) is 0 Å². The first-order valence-electron chi connectivity index (χ1n) is 8.15. The Balaban J connectivity index is 1.59. The molecule has 4 rings (SSSR count). The molecular weight excluding hydrogens is 286 g/mol. The fourth-order valence-corrected chi connectivity index (χ4v) is 3.26. The van der Waals surface area contributed by atoms with Gasteiger partial charge >= 0.3 is 0 Å². The molecule has 2 heterocycles. The van der Waals surface area contributed by atoms with Crippen LogP contribution < -0.4 is 5.32 Å². The molecule has 3 aromatic rings. The predicted molar refractivity (Wildman–Crippen MR) is 91.2 cm³/mol. The van der Waals surface area contributed by atoms with E-state index in [1.54, 1.807) is 0 Å². The lowest BCUT2D eigenvalue weighted by Crippen LogP contribution is -2.20. The van der Waals surface area contributed by atoms with Gasteiger partial charge in [-0.15, -0.1) is 0 Å². The standard InChI is InChI=1S/C19H19N3O/c23-19(14-6-1-2-7-14)20-16-9-5-8-15(12-16)17-13-22-11-4-3-10-18(22)21-17/h3-5,8-14H,1-2,6-7H2,(H,20,23). The van der Waals surface area contributed by atoms with Gasteiger partial charge in [0.25, 0.3) is 0 Å². The molecule has 0 spiro atoms. The van der Waals surface area contributed by atoms with E-state index in [0.717, 1.165) is 35.4 Å². The van der Waals surface area contributed by atoms with Crippen LogP contribution >= 0.6 is 0 Å². The second-order valence-electron chi connectivity index (χ2n) is 6.14. The van der Waals surface area contributed by atoms with Gasteiger partial charge in [-0.3, -0.25) is 4.79 Å². The highest BCUT2D eigenvalue weighted by Gasteiger charge is 2.22.